The van der Waals surface area contributed by atoms with Gasteiger partial charge in [0.15, 0.2) is 5.83 Å². The zero-order valence-corrected chi connectivity index (χ0v) is 9.92. The van der Waals surface area contributed by atoms with Crippen LogP contribution in [0.2, 0.25) is 0 Å². The molecule has 16 heavy (non-hydrogen) atoms. The molecule has 3 nitrogen and oxygen atoms in total. The lowest BCUT2D eigenvalue weighted by Gasteiger charge is -2.29. The Morgan fingerprint density at radius 2 is 2.25 bits per heavy atom. The van der Waals surface area contributed by atoms with E-state index in [1.807, 2.05) is 0 Å². The van der Waals surface area contributed by atoms with Gasteiger partial charge in [-0.15, -0.1) is 0 Å². The zero-order chi connectivity index (χ0) is 11.9. The molecule has 0 saturated carbocycles. The van der Waals surface area contributed by atoms with Gasteiger partial charge < -0.3 is 9.84 Å². The second-order valence-electron chi connectivity index (χ2n) is 3.63. The second-order valence-corrected chi connectivity index (χ2v) is 4.48. The van der Waals surface area contributed by atoms with Crippen LogP contribution in [0.3, 0.4) is 0 Å². The minimum Gasteiger partial charge on any atom is -0.480 e. The molecule has 1 N–H and O–H groups in total. The van der Waals surface area contributed by atoms with Gasteiger partial charge in [0, 0.05) is 5.56 Å². The third-order valence-corrected chi connectivity index (χ3v) is 3.32. The van der Waals surface area contributed by atoms with Crippen LogP contribution in [-0.2, 0) is 10.2 Å². The number of carbonyl (C=O) groups is 1. The summed E-state index contributed by atoms with van der Waals surface area (Å²) in [7, 11) is 0. The van der Waals surface area contributed by atoms with Crippen molar-refractivity contribution in [1.82, 2.24) is 0 Å². The van der Waals surface area contributed by atoms with Crippen LogP contribution in [0, 0.1) is 0 Å². The van der Waals surface area contributed by atoms with Gasteiger partial charge in [0.2, 0.25) is 0 Å². The average Bonchev–Trinajstić information content (AvgIpc) is 2.24. The molecule has 1 atom stereocenters. The van der Waals surface area contributed by atoms with Crippen molar-refractivity contribution in [3.05, 3.63) is 40.3 Å². The molecular weight excluding hydrogens is 279 g/mol. The third-order valence-electron chi connectivity index (χ3n) is 2.69. The van der Waals surface area contributed by atoms with E-state index in [9.17, 15) is 9.18 Å². The molecule has 1 aromatic rings. The minimum atomic E-state index is -1.68. The normalized spacial score (nSPS) is 23.1. The molecule has 84 valence electrons. The van der Waals surface area contributed by atoms with E-state index in [1.165, 1.54) is 6.92 Å². The summed E-state index contributed by atoms with van der Waals surface area (Å²) in [6.07, 6.45) is 0.835. The Balaban J connectivity index is 2.72. The van der Waals surface area contributed by atoms with Crippen LogP contribution in [-0.4, -0.2) is 11.1 Å². The quantitative estimate of drug-likeness (QED) is 0.863. The van der Waals surface area contributed by atoms with Crippen molar-refractivity contribution in [2.45, 2.75) is 12.3 Å². The molecule has 0 spiro atoms. The highest BCUT2D eigenvalue weighted by molar-refractivity contribution is 9.10. The first-order valence-electron chi connectivity index (χ1n) is 4.53. The summed E-state index contributed by atoms with van der Waals surface area (Å²) >= 11 is 3.23. The van der Waals surface area contributed by atoms with Crippen molar-refractivity contribution in [1.29, 1.82) is 0 Å². The van der Waals surface area contributed by atoms with Crippen molar-refractivity contribution >= 4 is 21.9 Å². The van der Waals surface area contributed by atoms with E-state index in [0.29, 0.717) is 15.8 Å². The zero-order valence-electron chi connectivity index (χ0n) is 8.33. The van der Waals surface area contributed by atoms with Gasteiger partial charge in [-0.3, -0.25) is 4.79 Å². The highest BCUT2D eigenvalue weighted by Gasteiger charge is 2.45. The molecular formula is C11H8BrFO3. The van der Waals surface area contributed by atoms with Gasteiger partial charge in [0.25, 0.3) is 0 Å². The Bertz CT molecular complexity index is 498. The summed E-state index contributed by atoms with van der Waals surface area (Å²) in [6, 6.07) is 4.89. The monoisotopic (exact) mass is 286 g/mol. The summed E-state index contributed by atoms with van der Waals surface area (Å²) < 4.78 is 19.3. The number of benzene rings is 1. The van der Waals surface area contributed by atoms with Gasteiger partial charge in [-0.25, -0.2) is 4.39 Å². The fraction of sp³-hybridized carbons (Fsp3) is 0.182. The Labute approximate surface area is 99.7 Å². The van der Waals surface area contributed by atoms with E-state index in [2.05, 4.69) is 15.9 Å². The van der Waals surface area contributed by atoms with Crippen molar-refractivity contribution in [3.63, 3.8) is 0 Å². The Morgan fingerprint density at radius 1 is 1.56 bits per heavy atom. The molecule has 0 amide bonds. The van der Waals surface area contributed by atoms with E-state index < -0.39 is 17.2 Å². The molecule has 1 heterocycles. The molecule has 0 aromatic heterocycles. The number of fused-ring (bicyclic) bond motifs is 1. The van der Waals surface area contributed by atoms with Gasteiger partial charge in [-0.1, -0.05) is 12.1 Å². The molecule has 5 heteroatoms. The van der Waals surface area contributed by atoms with Crippen LogP contribution >= 0.6 is 15.9 Å². The lowest BCUT2D eigenvalue weighted by atomic mass is 9.80. The molecule has 0 radical (unpaired) electrons. The number of para-hydroxylation sites is 1. The Morgan fingerprint density at radius 3 is 2.88 bits per heavy atom. The van der Waals surface area contributed by atoms with Crippen molar-refractivity contribution in [3.8, 4) is 5.75 Å². The van der Waals surface area contributed by atoms with E-state index >= 15 is 0 Å². The fourth-order valence-electron chi connectivity index (χ4n) is 1.60. The molecule has 0 fully saturated rings. The summed E-state index contributed by atoms with van der Waals surface area (Å²) in [5.74, 6) is -1.72. The number of carboxylic acids is 1. The maximum atomic E-state index is 13.6. The van der Waals surface area contributed by atoms with Crippen molar-refractivity contribution in [2.24, 2.45) is 0 Å². The topological polar surface area (TPSA) is 46.5 Å². The van der Waals surface area contributed by atoms with Crippen molar-refractivity contribution < 1.29 is 19.0 Å². The lowest BCUT2D eigenvalue weighted by Crippen LogP contribution is -2.35. The highest BCUT2D eigenvalue weighted by atomic mass is 79.9. The number of aliphatic carboxylic acids is 1. The first-order valence-corrected chi connectivity index (χ1v) is 5.32. The number of hydrogen-bond acceptors (Lipinski definition) is 2. The van der Waals surface area contributed by atoms with Gasteiger partial charge in [-0.2, -0.15) is 0 Å². The number of carboxylic acid groups (broad SMARTS) is 1. The third kappa shape index (κ3) is 1.35. The minimum absolute atomic E-state index is 0.300. The molecule has 1 aliphatic rings. The van der Waals surface area contributed by atoms with Crippen LogP contribution in [0.5, 0.6) is 5.75 Å². The van der Waals surface area contributed by atoms with E-state index in [0.717, 1.165) is 6.26 Å². The largest absolute Gasteiger partial charge is 0.480 e. The summed E-state index contributed by atoms with van der Waals surface area (Å²) in [4.78, 5) is 11.2. The summed E-state index contributed by atoms with van der Waals surface area (Å²) in [6.45, 7) is 1.31. The molecule has 1 aliphatic heterocycles. The summed E-state index contributed by atoms with van der Waals surface area (Å²) in [5, 5.41) is 9.15. The van der Waals surface area contributed by atoms with E-state index in [-0.39, 0.29) is 0 Å². The summed E-state index contributed by atoms with van der Waals surface area (Å²) in [5.41, 5.74) is -1.38. The van der Waals surface area contributed by atoms with E-state index in [4.69, 9.17) is 9.84 Å². The van der Waals surface area contributed by atoms with Crippen LogP contribution in [0.4, 0.5) is 4.39 Å². The van der Waals surface area contributed by atoms with Gasteiger partial charge in [0.1, 0.15) is 17.4 Å². The maximum absolute atomic E-state index is 13.6. The Kier molecular flexibility index (Phi) is 2.50. The Hall–Kier alpha value is -1.36. The first kappa shape index (κ1) is 11.1. The number of halogens is 2. The molecule has 0 saturated heterocycles. The van der Waals surface area contributed by atoms with Gasteiger partial charge >= 0.3 is 5.97 Å². The van der Waals surface area contributed by atoms with Crippen LogP contribution in [0.1, 0.15) is 12.5 Å². The van der Waals surface area contributed by atoms with Crippen LogP contribution in [0.25, 0.3) is 0 Å². The van der Waals surface area contributed by atoms with Gasteiger partial charge in [0.05, 0.1) is 4.47 Å². The molecule has 1 unspecified atom stereocenters. The number of ether oxygens (including phenoxy) is 1. The first-order chi connectivity index (χ1) is 7.48. The second kappa shape index (κ2) is 3.59. The fourth-order valence-corrected chi connectivity index (χ4v) is 2.06. The number of rotatable bonds is 1. The van der Waals surface area contributed by atoms with Gasteiger partial charge in [-0.05, 0) is 28.9 Å². The molecule has 0 aliphatic carbocycles. The standard InChI is InChI=1S/C11H8BrFO3/c1-11(10(14)15)6-3-2-4-7(12)9(6)16-5-8(11)13/h2-5H,1H3,(H,14,15). The van der Waals surface area contributed by atoms with E-state index in [1.54, 1.807) is 18.2 Å². The van der Waals surface area contributed by atoms with Crippen molar-refractivity contribution in [2.75, 3.05) is 0 Å². The predicted molar refractivity (Wildman–Crippen MR) is 58.9 cm³/mol. The predicted octanol–water partition coefficient (Wildman–Crippen LogP) is 2.99. The van der Waals surface area contributed by atoms with Crippen LogP contribution < -0.4 is 4.74 Å². The lowest BCUT2D eigenvalue weighted by molar-refractivity contribution is -0.142. The maximum Gasteiger partial charge on any atom is 0.321 e. The molecule has 1 aromatic carbocycles. The molecule has 2 rings (SSSR count). The van der Waals surface area contributed by atoms with Crippen LogP contribution in [0.15, 0.2) is 34.8 Å². The SMILES string of the molecule is CC1(C(=O)O)C(F)=COc2c(Br)cccc21. The number of hydrogen-bond donors (Lipinski definition) is 1. The molecule has 0 bridgehead atoms. The smallest absolute Gasteiger partial charge is 0.321 e. The average molecular weight is 287 g/mol. The highest BCUT2D eigenvalue weighted by Crippen LogP contribution is 2.45.